The highest BCUT2D eigenvalue weighted by Crippen LogP contribution is 2.21. The Bertz CT molecular complexity index is 191. The highest BCUT2D eigenvalue weighted by Gasteiger charge is 2.26. The Labute approximate surface area is 92.1 Å². The van der Waals surface area contributed by atoms with Gasteiger partial charge < -0.3 is 9.47 Å². The first kappa shape index (κ1) is 12.5. The van der Waals surface area contributed by atoms with Crippen LogP contribution in [0.25, 0.3) is 0 Å². The molecule has 0 N–H and O–H groups in total. The van der Waals surface area contributed by atoms with Crippen LogP contribution in [0.2, 0.25) is 0 Å². The van der Waals surface area contributed by atoms with Gasteiger partial charge in [0.25, 0.3) is 0 Å². The van der Waals surface area contributed by atoms with E-state index in [1.165, 1.54) is 32.6 Å². The fourth-order valence-corrected chi connectivity index (χ4v) is 1.99. The lowest BCUT2D eigenvalue weighted by Gasteiger charge is -2.09. The summed E-state index contributed by atoms with van der Waals surface area (Å²) >= 11 is 0. The molecular weight excluding hydrogens is 192 g/mol. The van der Waals surface area contributed by atoms with Crippen LogP contribution in [-0.4, -0.2) is 24.8 Å². The van der Waals surface area contributed by atoms with Crippen molar-refractivity contribution in [3.63, 3.8) is 0 Å². The van der Waals surface area contributed by atoms with Crippen molar-refractivity contribution in [1.29, 1.82) is 0 Å². The topological polar surface area (TPSA) is 35.5 Å². The molecule has 0 unspecified atom stereocenters. The lowest BCUT2D eigenvalue weighted by Crippen LogP contribution is -2.16. The number of esters is 1. The van der Waals surface area contributed by atoms with Gasteiger partial charge in [0.1, 0.15) is 6.10 Å². The average molecular weight is 214 g/mol. The molecule has 15 heavy (non-hydrogen) atoms. The first-order chi connectivity index (χ1) is 7.22. The Morgan fingerprint density at radius 3 is 2.87 bits per heavy atom. The third-order valence-electron chi connectivity index (χ3n) is 2.76. The van der Waals surface area contributed by atoms with Gasteiger partial charge in [-0.25, -0.2) is 0 Å². The zero-order valence-corrected chi connectivity index (χ0v) is 9.83. The Morgan fingerprint density at radius 2 is 2.20 bits per heavy atom. The van der Waals surface area contributed by atoms with E-state index in [4.69, 9.17) is 9.47 Å². The Hall–Kier alpha value is -0.570. The van der Waals surface area contributed by atoms with Gasteiger partial charge in [-0.2, -0.15) is 0 Å². The van der Waals surface area contributed by atoms with Gasteiger partial charge in [-0.05, 0) is 6.42 Å². The lowest BCUT2D eigenvalue weighted by molar-refractivity contribution is -0.146. The maximum Gasteiger partial charge on any atom is 0.302 e. The highest BCUT2D eigenvalue weighted by molar-refractivity contribution is 5.66. The molecule has 1 heterocycles. The van der Waals surface area contributed by atoms with E-state index in [0.717, 1.165) is 12.8 Å². The second-order valence-corrected chi connectivity index (χ2v) is 4.27. The molecule has 0 aromatic heterocycles. The molecule has 0 aliphatic carbocycles. The van der Waals surface area contributed by atoms with E-state index in [9.17, 15) is 4.79 Å². The van der Waals surface area contributed by atoms with E-state index < -0.39 is 0 Å². The van der Waals surface area contributed by atoms with Gasteiger partial charge in [0.15, 0.2) is 0 Å². The van der Waals surface area contributed by atoms with Crippen LogP contribution in [0.3, 0.4) is 0 Å². The molecule has 1 rings (SSSR count). The number of unbranched alkanes of at least 4 members (excludes halogenated alkanes) is 3. The number of hydrogen-bond donors (Lipinski definition) is 0. The summed E-state index contributed by atoms with van der Waals surface area (Å²) < 4.78 is 10.7. The summed E-state index contributed by atoms with van der Waals surface area (Å²) in [5, 5.41) is 0. The van der Waals surface area contributed by atoms with E-state index in [1.54, 1.807) is 0 Å². The number of carbonyl (C=O) groups is 1. The minimum Gasteiger partial charge on any atom is -0.460 e. The second kappa shape index (κ2) is 6.83. The second-order valence-electron chi connectivity index (χ2n) is 4.27. The van der Waals surface area contributed by atoms with Crippen LogP contribution < -0.4 is 0 Å². The van der Waals surface area contributed by atoms with Crippen LogP contribution in [0, 0.1) is 0 Å². The summed E-state index contributed by atoms with van der Waals surface area (Å²) in [4.78, 5) is 10.7. The molecule has 88 valence electrons. The molecule has 1 saturated heterocycles. The van der Waals surface area contributed by atoms with Gasteiger partial charge >= 0.3 is 5.97 Å². The van der Waals surface area contributed by atoms with Crippen molar-refractivity contribution >= 4 is 5.97 Å². The summed E-state index contributed by atoms with van der Waals surface area (Å²) in [5.41, 5.74) is 0. The molecule has 1 fully saturated rings. The van der Waals surface area contributed by atoms with Gasteiger partial charge in [-0.1, -0.05) is 32.6 Å². The molecule has 3 heteroatoms. The molecular formula is C12H22O3. The molecule has 0 radical (unpaired) electrons. The third-order valence-corrected chi connectivity index (χ3v) is 2.76. The van der Waals surface area contributed by atoms with Crippen LogP contribution in [0.4, 0.5) is 0 Å². The van der Waals surface area contributed by atoms with Gasteiger partial charge in [-0.15, -0.1) is 0 Å². The predicted molar refractivity (Wildman–Crippen MR) is 58.7 cm³/mol. The highest BCUT2D eigenvalue weighted by atomic mass is 16.6. The molecule has 1 aliphatic heterocycles. The third kappa shape index (κ3) is 5.17. The van der Waals surface area contributed by atoms with Crippen molar-refractivity contribution in [2.45, 2.75) is 64.6 Å². The molecule has 0 saturated carbocycles. The molecule has 0 amide bonds. The Kier molecular flexibility index (Phi) is 5.69. The smallest absolute Gasteiger partial charge is 0.302 e. The van der Waals surface area contributed by atoms with Gasteiger partial charge in [0, 0.05) is 13.3 Å². The first-order valence-electron chi connectivity index (χ1n) is 6.01. The first-order valence-corrected chi connectivity index (χ1v) is 6.01. The largest absolute Gasteiger partial charge is 0.460 e. The van der Waals surface area contributed by atoms with Crippen molar-refractivity contribution in [1.82, 2.24) is 0 Å². The normalized spacial score (nSPS) is 25.5. The molecule has 0 spiro atoms. The zero-order valence-electron chi connectivity index (χ0n) is 9.83. The van der Waals surface area contributed by atoms with Crippen LogP contribution >= 0.6 is 0 Å². The van der Waals surface area contributed by atoms with Gasteiger partial charge in [0.05, 0.1) is 12.7 Å². The fourth-order valence-electron chi connectivity index (χ4n) is 1.99. The van der Waals surface area contributed by atoms with Crippen LogP contribution in [-0.2, 0) is 14.3 Å². The van der Waals surface area contributed by atoms with E-state index >= 15 is 0 Å². The van der Waals surface area contributed by atoms with E-state index in [-0.39, 0.29) is 12.1 Å². The van der Waals surface area contributed by atoms with E-state index in [1.807, 2.05) is 0 Å². The molecule has 0 bridgehead atoms. The number of hydrogen-bond acceptors (Lipinski definition) is 3. The SMILES string of the molecule is CCCCCC[C@@H]1C[C@@H](OC(C)=O)CO1. The van der Waals surface area contributed by atoms with Crippen molar-refractivity contribution < 1.29 is 14.3 Å². The molecule has 0 aromatic carbocycles. The maximum atomic E-state index is 10.7. The molecule has 1 aliphatic rings. The predicted octanol–water partition coefficient (Wildman–Crippen LogP) is 2.68. The van der Waals surface area contributed by atoms with E-state index in [2.05, 4.69) is 6.92 Å². The van der Waals surface area contributed by atoms with Gasteiger partial charge in [-0.3, -0.25) is 4.79 Å². The van der Waals surface area contributed by atoms with Crippen molar-refractivity contribution in [2.75, 3.05) is 6.61 Å². The Morgan fingerprint density at radius 1 is 1.40 bits per heavy atom. The Balaban J connectivity index is 2.05. The molecule has 2 atom stereocenters. The van der Waals surface area contributed by atoms with Crippen molar-refractivity contribution in [3.05, 3.63) is 0 Å². The van der Waals surface area contributed by atoms with Crippen LogP contribution in [0.1, 0.15) is 52.4 Å². The van der Waals surface area contributed by atoms with Gasteiger partial charge in [0.2, 0.25) is 0 Å². The summed E-state index contributed by atoms with van der Waals surface area (Å²) in [6, 6.07) is 0. The minimum atomic E-state index is -0.199. The van der Waals surface area contributed by atoms with Crippen LogP contribution in [0.15, 0.2) is 0 Å². The van der Waals surface area contributed by atoms with E-state index in [0.29, 0.717) is 12.7 Å². The van der Waals surface area contributed by atoms with Crippen molar-refractivity contribution in [2.24, 2.45) is 0 Å². The number of rotatable bonds is 6. The monoisotopic (exact) mass is 214 g/mol. The lowest BCUT2D eigenvalue weighted by atomic mass is 10.1. The number of ether oxygens (including phenoxy) is 2. The molecule has 0 aromatic rings. The molecule has 3 nitrogen and oxygen atoms in total. The summed E-state index contributed by atoms with van der Waals surface area (Å²) in [6.45, 7) is 4.25. The average Bonchev–Trinajstić information content (AvgIpc) is 2.59. The zero-order chi connectivity index (χ0) is 11.1. The summed E-state index contributed by atoms with van der Waals surface area (Å²) in [7, 11) is 0. The minimum absolute atomic E-state index is 0.00123. The standard InChI is InChI=1S/C12H22O3/c1-3-4-5-6-7-11-8-12(9-14-11)15-10(2)13/h11-12H,3-9H2,1-2H3/t11-,12-/m1/s1. The summed E-state index contributed by atoms with van der Waals surface area (Å²) in [6.07, 6.45) is 7.38. The maximum absolute atomic E-state index is 10.7. The summed E-state index contributed by atoms with van der Waals surface area (Å²) in [5.74, 6) is -0.199. The number of carbonyl (C=O) groups excluding carboxylic acids is 1. The quantitative estimate of drug-likeness (QED) is 0.503. The fraction of sp³-hybridized carbons (Fsp3) is 0.917. The van der Waals surface area contributed by atoms with Crippen molar-refractivity contribution in [3.8, 4) is 0 Å². The van der Waals surface area contributed by atoms with Crippen LogP contribution in [0.5, 0.6) is 0 Å².